The molecule has 0 N–H and O–H groups in total. The van der Waals surface area contributed by atoms with Crippen molar-refractivity contribution < 1.29 is 9.53 Å². The van der Waals surface area contributed by atoms with Crippen LogP contribution in [-0.4, -0.2) is 12.4 Å². The largest absolute Gasteiger partial charge is 0.485 e. The molecule has 4 heteroatoms. The molecule has 0 atom stereocenters. The molecule has 1 heterocycles. The normalized spacial score (nSPS) is 10.1. The average molecular weight is 297 g/mol. The number of rotatable bonds is 4. The van der Waals surface area contributed by atoms with E-state index in [1.165, 1.54) is 11.3 Å². The highest BCUT2D eigenvalue weighted by molar-refractivity contribution is 9.10. The fourth-order valence-corrected chi connectivity index (χ4v) is 2.55. The van der Waals surface area contributed by atoms with Gasteiger partial charge in [0, 0.05) is 9.85 Å². The predicted octanol–water partition coefficient (Wildman–Crippen LogP) is 3.77. The van der Waals surface area contributed by atoms with E-state index in [9.17, 15) is 4.79 Å². The summed E-state index contributed by atoms with van der Waals surface area (Å²) in [6, 6.07) is 11.1. The number of ketones is 1. The third kappa shape index (κ3) is 2.93. The molecule has 2 rings (SSSR count). The molecule has 0 radical (unpaired) electrons. The molecule has 0 saturated heterocycles. The Kier molecular flexibility index (Phi) is 3.74. The zero-order valence-corrected chi connectivity index (χ0v) is 10.8. The molecule has 0 spiro atoms. The predicted molar refractivity (Wildman–Crippen MR) is 68.3 cm³/mol. The van der Waals surface area contributed by atoms with Crippen molar-refractivity contribution in [3.63, 3.8) is 0 Å². The van der Waals surface area contributed by atoms with E-state index in [0.29, 0.717) is 10.6 Å². The van der Waals surface area contributed by atoms with Gasteiger partial charge < -0.3 is 4.74 Å². The number of thiophene rings is 1. The van der Waals surface area contributed by atoms with Gasteiger partial charge in [0.05, 0.1) is 4.88 Å². The van der Waals surface area contributed by atoms with Gasteiger partial charge in [-0.05, 0) is 34.1 Å². The maximum absolute atomic E-state index is 11.7. The average Bonchev–Trinajstić information content (AvgIpc) is 2.74. The van der Waals surface area contributed by atoms with E-state index >= 15 is 0 Å². The minimum absolute atomic E-state index is 0.000414. The van der Waals surface area contributed by atoms with E-state index in [4.69, 9.17) is 4.74 Å². The summed E-state index contributed by atoms with van der Waals surface area (Å²) in [6.45, 7) is 0.0803. The molecule has 0 bridgehead atoms. The second-order valence-corrected chi connectivity index (χ2v) is 4.98. The highest BCUT2D eigenvalue weighted by Gasteiger charge is 2.09. The number of ether oxygens (including phenoxy) is 1. The van der Waals surface area contributed by atoms with Crippen LogP contribution < -0.4 is 4.74 Å². The summed E-state index contributed by atoms with van der Waals surface area (Å²) < 4.78 is 6.30. The smallest absolute Gasteiger partial charge is 0.210 e. The summed E-state index contributed by atoms with van der Waals surface area (Å²) >= 11 is 4.73. The van der Waals surface area contributed by atoms with E-state index < -0.39 is 0 Å². The molecule has 82 valence electrons. The van der Waals surface area contributed by atoms with Crippen molar-refractivity contribution >= 4 is 33.0 Å². The monoisotopic (exact) mass is 296 g/mol. The molecular formula is C12H9BrO2S. The number of halogens is 1. The van der Waals surface area contributed by atoms with Gasteiger partial charge in [-0.25, -0.2) is 0 Å². The molecule has 0 aliphatic heterocycles. The molecule has 0 aliphatic carbocycles. The van der Waals surface area contributed by atoms with Crippen LogP contribution in [0.1, 0.15) is 9.67 Å². The lowest BCUT2D eigenvalue weighted by molar-refractivity contribution is 0.0925. The summed E-state index contributed by atoms with van der Waals surface area (Å²) in [5, 5.41) is 1.88. The lowest BCUT2D eigenvalue weighted by Crippen LogP contribution is -2.09. The van der Waals surface area contributed by atoms with Gasteiger partial charge >= 0.3 is 0 Å². The van der Waals surface area contributed by atoms with Crippen molar-refractivity contribution in [2.24, 2.45) is 0 Å². The molecule has 1 aromatic carbocycles. The maximum atomic E-state index is 11.7. The van der Waals surface area contributed by atoms with E-state index in [1.54, 1.807) is 6.07 Å². The Hall–Kier alpha value is -1.13. The highest BCUT2D eigenvalue weighted by Crippen LogP contribution is 2.20. The quantitative estimate of drug-likeness (QED) is 0.803. The number of benzene rings is 1. The Bertz CT molecular complexity index is 479. The minimum Gasteiger partial charge on any atom is -0.485 e. The third-order valence-corrected chi connectivity index (χ3v) is 3.69. The van der Waals surface area contributed by atoms with Gasteiger partial charge in [0.25, 0.3) is 0 Å². The SMILES string of the molecule is O=C(COc1ccccc1)c1cc(Br)cs1. The van der Waals surface area contributed by atoms with E-state index in [1.807, 2.05) is 35.7 Å². The van der Waals surface area contributed by atoms with Gasteiger partial charge in [-0.3, -0.25) is 4.79 Å². The number of carbonyl (C=O) groups excluding carboxylic acids is 1. The summed E-state index contributed by atoms with van der Waals surface area (Å²) in [7, 11) is 0. The Morgan fingerprint density at radius 2 is 2.06 bits per heavy atom. The molecule has 1 aromatic heterocycles. The Morgan fingerprint density at radius 3 is 2.69 bits per heavy atom. The van der Waals surface area contributed by atoms with Crippen molar-refractivity contribution in [2.75, 3.05) is 6.61 Å². The van der Waals surface area contributed by atoms with Crippen molar-refractivity contribution in [1.29, 1.82) is 0 Å². The van der Waals surface area contributed by atoms with Crippen LogP contribution in [0.3, 0.4) is 0 Å². The van der Waals surface area contributed by atoms with Crippen molar-refractivity contribution in [1.82, 2.24) is 0 Å². The third-order valence-electron chi connectivity index (χ3n) is 1.96. The van der Waals surface area contributed by atoms with Gasteiger partial charge in [0.1, 0.15) is 5.75 Å². The number of hydrogen-bond acceptors (Lipinski definition) is 3. The minimum atomic E-state index is -0.000414. The van der Waals surface area contributed by atoms with Crippen LogP contribution in [0.2, 0.25) is 0 Å². The van der Waals surface area contributed by atoms with Gasteiger partial charge in [0.2, 0.25) is 5.78 Å². The molecule has 0 fully saturated rings. The van der Waals surface area contributed by atoms with Gasteiger partial charge in [-0.1, -0.05) is 18.2 Å². The first kappa shape index (κ1) is 11.4. The molecule has 2 nitrogen and oxygen atoms in total. The zero-order valence-electron chi connectivity index (χ0n) is 8.35. The summed E-state index contributed by atoms with van der Waals surface area (Å²) in [5.41, 5.74) is 0. The van der Waals surface area contributed by atoms with Gasteiger partial charge in [-0.2, -0.15) is 0 Å². The maximum Gasteiger partial charge on any atom is 0.210 e. The number of hydrogen-bond donors (Lipinski definition) is 0. The number of carbonyl (C=O) groups is 1. The van der Waals surface area contributed by atoms with Crippen LogP contribution >= 0.6 is 27.3 Å². The summed E-state index contributed by atoms with van der Waals surface area (Å²) in [6.07, 6.45) is 0. The van der Waals surface area contributed by atoms with Crippen molar-refractivity contribution in [3.8, 4) is 5.75 Å². The zero-order chi connectivity index (χ0) is 11.4. The lowest BCUT2D eigenvalue weighted by Gasteiger charge is -2.03. The molecule has 0 unspecified atom stereocenters. The second kappa shape index (κ2) is 5.27. The highest BCUT2D eigenvalue weighted by atomic mass is 79.9. The van der Waals surface area contributed by atoms with Crippen LogP contribution in [0, 0.1) is 0 Å². The Morgan fingerprint density at radius 1 is 1.31 bits per heavy atom. The van der Waals surface area contributed by atoms with Crippen molar-refractivity contribution in [3.05, 3.63) is 51.1 Å². The van der Waals surface area contributed by atoms with Crippen LogP contribution in [0.4, 0.5) is 0 Å². The molecule has 2 aromatic rings. The number of para-hydroxylation sites is 1. The second-order valence-electron chi connectivity index (χ2n) is 3.15. The fraction of sp³-hybridized carbons (Fsp3) is 0.0833. The number of Topliss-reactive ketones (excluding diaryl/α,β-unsaturated/α-hetero) is 1. The van der Waals surface area contributed by atoms with E-state index in [2.05, 4.69) is 15.9 Å². The summed E-state index contributed by atoms with van der Waals surface area (Å²) in [5.74, 6) is 0.714. The Balaban J connectivity index is 1.94. The first-order valence-electron chi connectivity index (χ1n) is 4.71. The molecule has 0 saturated carbocycles. The molecule has 16 heavy (non-hydrogen) atoms. The fourth-order valence-electron chi connectivity index (χ4n) is 1.20. The van der Waals surface area contributed by atoms with Gasteiger partial charge in [0.15, 0.2) is 6.61 Å². The lowest BCUT2D eigenvalue weighted by atomic mass is 10.3. The van der Waals surface area contributed by atoms with Crippen LogP contribution in [0.5, 0.6) is 5.75 Å². The van der Waals surface area contributed by atoms with Crippen LogP contribution in [0.15, 0.2) is 46.3 Å². The van der Waals surface area contributed by atoms with E-state index in [-0.39, 0.29) is 12.4 Å². The van der Waals surface area contributed by atoms with Crippen LogP contribution in [0.25, 0.3) is 0 Å². The standard InChI is InChI=1S/C12H9BrO2S/c13-9-6-12(16-8-9)11(14)7-15-10-4-2-1-3-5-10/h1-6,8H,7H2. The molecule has 0 amide bonds. The Labute approximate surface area is 106 Å². The van der Waals surface area contributed by atoms with Crippen LogP contribution in [-0.2, 0) is 0 Å². The summed E-state index contributed by atoms with van der Waals surface area (Å²) in [4.78, 5) is 12.4. The van der Waals surface area contributed by atoms with Crippen molar-refractivity contribution in [2.45, 2.75) is 0 Å². The first-order valence-corrected chi connectivity index (χ1v) is 6.38. The molecular weight excluding hydrogens is 288 g/mol. The van der Waals surface area contributed by atoms with Gasteiger partial charge in [-0.15, -0.1) is 11.3 Å². The van der Waals surface area contributed by atoms with E-state index in [0.717, 1.165) is 4.47 Å². The molecule has 0 aliphatic rings. The topological polar surface area (TPSA) is 26.3 Å². The first-order chi connectivity index (χ1) is 7.75.